The van der Waals surface area contributed by atoms with Crippen LogP contribution >= 0.6 is 11.6 Å². The molecule has 1 aromatic carbocycles. The van der Waals surface area contributed by atoms with E-state index in [9.17, 15) is 19.1 Å². The quantitative estimate of drug-likeness (QED) is 0.363. The lowest BCUT2D eigenvalue weighted by Crippen LogP contribution is -2.50. The number of nitrogens with zero attached hydrogens (tertiary/aromatic N) is 4. The average molecular weight is 561 g/mol. The van der Waals surface area contributed by atoms with E-state index < -0.39 is 28.9 Å². The number of benzene rings is 1. The molecule has 1 aliphatic rings. The zero-order valence-corrected chi connectivity index (χ0v) is 22.9. The Balaban J connectivity index is 1.64. The predicted octanol–water partition coefficient (Wildman–Crippen LogP) is 4.79. The van der Waals surface area contributed by atoms with Crippen molar-refractivity contribution in [2.24, 2.45) is 5.41 Å². The third-order valence-corrected chi connectivity index (χ3v) is 7.47. The highest BCUT2D eigenvalue weighted by Crippen LogP contribution is 2.40. The second-order valence-corrected chi connectivity index (χ2v) is 10.7. The van der Waals surface area contributed by atoms with Gasteiger partial charge in [-0.1, -0.05) is 23.7 Å². The summed E-state index contributed by atoms with van der Waals surface area (Å²) in [6, 6.07) is 7.55. The lowest BCUT2D eigenvalue weighted by Gasteiger charge is -2.43. The highest BCUT2D eigenvalue weighted by atomic mass is 35.5. The van der Waals surface area contributed by atoms with Gasteiger partial charge >= 0.3 is 5.97 Å². The molecule has 4 rings (SSSR count). The Morgan fingerprint density at radius 1 is 1.26 bits per heavy atom. The van der Waals surface area contributed by atoms with Gasteiger partial charge in [-0.3, -0.25) is 19.6 Å². The number of rotatable bonds is 8. The van der Waals surface area contributed by atoms with Crippen LogP contribution in [-0.2, 0) is 17.8 Å². The van der Waals surface area contributed by atoms with Crippen molar-refractivity contribution in [3.05, 3.63) is 69.5 Å². The molecule has 1 aliphatic heterocycles. The van der Waals surface area contributed by atoms with Gasteiger partial charge in [0.25, 0.3) is 5.91 Å². The largest absolute Gasteiger partial charge is 0.481 e. The maximum absolute atomic E-state index is 15.7. The maximum atomic E-state index is 15.7. The number of pyridine rings is 1. The number of anilines is 2. The minimum absolute atomic E-state index is 0.0279. The van der Waals surface area contributed by atoms with Gasteiger partial charge in [0.05, 0.1) is 21.7 Å². The van der Waals surface area contributed by atoms with Crippen LogP contribution in [0.2, 0.25) is 5.02 Å². The van der Waals surface area contributed by atoms with Gasteiger partial charge in [-0.15, -0.1) is 0 Å². The highest BCUT2D eigenvalue weighted by Gasteiger charge is 2.45. The summed E-state index contributed by atoms with van der Waals surface area (Å²) in [7, 11) is 3.01. The van der Waals surface area contributed by atoms with Crippen molar-refractivity contribution in [2.45, 2.75) is 45.7 Å². The number of aliphatic carboxylic acids is 1. The number of nitrogens with one attached hydrogen (secondary N) is 2. The lowest BCUT2D eigenvalue weighted by molar-refractivity contribution is -0.153. The van der Waals surface area contributed by atoms with Gasteiger partial charge in [-0.25, -0.2) is 13.8 Å². The number of likely N-dealkylation sites (tertiary alicyclic amines) is 1. The first-order valence-electron chi connectivity index (χ1n) is 12.5. The van der Waals surface area contributed by atoms with Gasteiger partial charge in [0.15, 0.2) is 11.6 Å². The minimum Gasteiger partial charge on any atom is -0.481 e. The first kappa shape index (κ1) is 28.4. The molecule has 3 N–H and O–H groups in total. The van der Waals surface area contributed by atoms with Crippen LogP contribution in [0, 0.1) is 24.0 Å². The van der Waals surface area contributed by atoms with Crippen LogP contribution in [0.4, 0.5) is 20.4 Å². The number of amides is 1. The van der Waals surface area contributed by atoms with E-state index in [4.69, 9.17) is 11.6 Å². The molecule has 0 unspecified atom stereocenters. The molecule has 3 heterocycles. The summed E-state index contributed by atoms with van der Waals surface area (Å²) in [6.07, 6.45) is 0.142. The predicted molar refractivity (Wildman–Crippen MR) is 143 cm³/mol. The van der Waals surface area contributed by atoms with Crippen molar-refractivity contribution in [3.8, 4) is 0 Å². The number of halogens is 3. The van der Waals surface area contributed by atoms with Crippen LogP contribution in [0.1, 0.15) is 47.1 Å². The van der Waals surface area contributed by atoms with Crippen molar-refractivity contribution in [3.63, 3.8) is 0 Å². The fraction of sp³-hybridized carbons (Fsp3) is 0.407. The Morgan fingerprint density at radius 3 is 2.62 bits per heavy atom. The molecule has 0 aliphatic carbocycles. The smallest absolute Gasteiger partial charge is 0.310 e. The molecule has 1 saturated heterocycles. The molecule has 0 bridgehead atoms. The number of hydrogen-bond donors (Lipinski definition) is 3. The van der Waals surface area contributed by atoms with E-state index in [-0.39, 0.29) is 53.9 Å². The van der Waals surface area contributed by atoms with Crippen LogP contribution in [0.3, 0.4) is 0 Å². The molecule has 12 heteroatoms. The van der Waals surface area contributed by atoms with E-state index in [1.54, 1.807) is 18.2 Å². The van der Waals surface area contributed by atoms with Crippen LogP contribution in [0.5, 0.6) is 0 Å². The molecular formula is C27H31ClF2N6O3. The fourth-order valence-electron chi connectivity index (χ4n) is 5.02. The monoisotopic (exact) mass is 560 g/mol. The van der Waals surface area contributed by atoms with Crippen molar-refractivity contribution in [1.82, 2.24) is 25.0 Å². The molecular weight excluding hydrogens is 530 g/mol. The number of carbonyl (C=O) groups is 2. The summed E-state index contributed by atoms with van der Waals surface area (Å²) in [4.78, 5) is 33.1. The SMILES string of the molecule is Cc1cc(Nc2cc(C(=O)N(C)C)c(F)c(C[C@@]3(C(=O)O)CCN(Cc4cccc(Cl)c4F)[C@H](C)C3)n2)n[nH]1. The number of aromatic amines is 1. The van der Waals surface area contributed by atoms with Crippen molar-refractivity contribution < 1.29 is 23.5 Å². The van der Waals surface area contributed by atoms with E-state index in [0.29, 0.717) is 17.9 Å². The van der Waals surface area contributed by atoms with E-state index in [1.165, 1.54) is 31.1 Å². The summed E-state index contributed by atoms with van der Waals surface area (Å²) in [5.41, 5.74) is -0.475. The fourth-order valence-corrected chi connectivity index (χ4v) is 5.22. The molecule has 2 atom stereocenters. The number of carboxylic acid groups (broad SMARTS) is 1. The van der Waals surface area contributed by atoms with Crippen LogP contribution < -0.4 is 5.32 Å². The van der Waals surface area contributed by atoms with Crippen molar-refractivity contribution in [2.75, 3.05) is 26.0 Å². The zero-order valence-electron chi connectivity index (χ0n) is 22.2. The van der Waals surface area contributed by atoms with Crippen LogP contribution in [0.25, 0.3) is 0 Å². The second-order valence-electron chi connectivity index (χ2n) is 10.3. The first-order chi connectivity index (χ1) is 18.4. The number of carbonyl (C=O) groups excluding carboxylic acids is 1. The van der Waals surface area contributed by atoms with Gasteiger partial charge in [0, 0.05) is 50.4 Å². The third-order valence-electron chi connectivity index (χ3n) is 7.18. The molecule has 1 fully saturated rings. The summed E-state index contributed by atoms with van der Waals surface area (Å²) >= 11 is 5.93. The zero-order chi connectivity index (χ0) is 28.5. The van der Waals surface area contributed by atoms with Crippen molar-refractivity contribution >= 4 is 35.1 Å². The number of carboxylic acids is 1. The van der Waals surface area contributed by atoms with Gasteiger partial charge in [-0.05, 0) is 45.4 Å². The number of H-pyrrole nitrogens is 1. The minimum atomic E-state index is -1.34. The van der Waals surface area contributed by atoms with E-state index in [1.807, 2.05) is 18.7 Å². The first-order valence-corrected chi connectivity index (χ1v) is 12.9. The molecule has 0 saturated carbocycles. The Labute approximate surface area is 230 Å². The molecule has 3 aromatic rings. The van der Waals surface area contributed by atoms with E-state index >= 15 is 4.39 Å². The number of aromatic nitrogens is 3. The third kappa shape index (κ3) is 6.04. The Morgan fingerprint density at radius 2 is 2.00 bits per heavy atom. The van der Waals surface area contributed by atoms with Gasteiger partial charge in [0.1, 0.15) is 11.6 Å². The summed E-state index contributed by atoms with van der Waals surface area (Å²) in [6.45, 7) is 4.28. The second kappa shape index (κ2) is 11.3. The Kier molecular flexibility index (Phi) is 8.22. The highest BCUT2D eigenvalue weighted by molar-refractivity contribution is 6.30. The summed E-state index contributed by atoms with van der Waals surface area (Å²) < 4.78 is 30.2. The van der Waals surface area contributed by atoms with E-state index in [2.05, 4.69) is 20.5 Å². The molecule has 0 spiro atoms. The molecule has 0 radical (unpaired) electrons. The van der Waals surface area contributed by atoms with Gasteiger partial charge in [-0.2, -0.15) is 5.10 Å². The van der Waals surface area contributed by atoms with Crippen LogP contribution in [-0.4, -0.2) is 68.6 Å². The molecule has 39 heavy (non-hydrogen) atoms. The summed E-state index contributed by atoms with van der Waals surface area (Å²) in [5.74, 6) is -2.41. The summed E-state index contributed by atoms with van der Waals surface area (Å²) in [5, 5.41) is 20.2. The number of aryl methyl sites for hydroxylation is 1. The number of piperidine rings is 1. The molecule has 1 amide bonds. The maximum Gasteiger partial charge on any atom is 0.310 e. The lowest BCUT2D eigenvalue weighted by atomic mass is 9.72. The Bertz CT molecular complexity index is 1400. The molecule has 208 valence electrons. The average Bonchev–Trinajstić information content (AvgIpc) is 3.29. The van der Waals surface area contributed by atoms with Gasteiger partial charge < -0.3 is 15.3 Å². The van der Waals surface area contributed by atoms with Crippen LogP contribution in [0.15, 0.2) is 30.3 Å². The standard InChI is InChI=1S/C27H31ClF2N6O3/c1-15-10-22(34-33-15)32-21-11-18(25(37)35(3)4)24(30)20(31-21)13-27(26(38)39)8-9-36(16(2)12-27)14-17-6-5-7-19(28)23(17)29/h5-7,10-11,16H,8-9,12-14H2,1-4H3,(H,38,39)(H2,31,32,33,34)/t16-,27-/m1/s1. The molecule has 9 nitrogen and oxygen atoms in total. The van der Waals surface area contributed by atoms with Crippen molar-refractivity contribution in [1.29, 1.82) is 0 Å². The normalized spacial score (nSPS) is 19.6. The molecule has 2 aromatic heterocycles. The van der Waals surface area contributed by atoms with E-state index in [0.717, 1.165) is 5.69 Å². The number of hydrogen-bond acceptors (Lipinski definition) is 6. The van der Waals surface area contributed by atoms with Gasteiger partial charge in [0.2, 0.25) is 0 Å². The Hall–Kier alpha value is -3.57. The topological polar surface area (TPSA) is 114 Å².